The summed E-state index contributed by atoms with van der Waals surface area (Å²) in [5.74, 6) is -1.05. The maximum Gasteiger partial charge on any atom is 0.407 e. The molecule has 51 heavy (non-hydrogen) atoms. The lowest BCUT2D eigenvalue weighted by Gasteiger charge is -2.34. The van der Waals surface area contributed by atoms with Crippen LogP contribution >= 0.6 is 0 Å². The highest BCUT2D eigenvalue weighted by Gasteiger charge is 2.37. The van der Waals surface area contributed by atoms with Crippen molar-refractivity contribution in [3.05, 3.63) is 89.6 Å². The Kier molecular flexibility index (Phi) is 14.1. The highest BCUT2D eigenvalue weighted by Crippen LogP contribution is 2.24. The SMILES string of the molecule is COC(=O)NC(C(=O)NC(Cc1ccc(-c2ccc(C)cn2)cc1)CC(O)C(Cc1ccccc1)NC(=O)C(NC(=O)O)C(C)(C)C)C(C)(C)C. The van der Waals surface area contributed by atoms with Gasteiger partial charge in [-0.25, -0.2) is 9.59 Å². The number of aromatic nitrogens is 1. The second kappa shape index (κ2) is 17.8. The van der Waals surface area contributed by atoms with Crippen LogP contribution in [0.4, 0.5) is 9.59 Å². The molecule has 0 radical (unpaired) electrons. The topological polar surface area (TPSA) is 179 Å². The fourth-order valence-corrected chi connectivity index (χ4v) is 5.74. The molecule has 6 N–H and O–H groups in total. The minimum absolute atomic E-state index is 0.0203. The number of aryl methyl sites for hydroxylation is 1. The molecule has 0 aliphatic rings. The van der Waals surface area contributed by atoms with Gasteiger partial charge in [-0.1, -0.05) is 102 Å². The number of methoxy groups -OCH3 is 1. The van der Waals surface area contributed by atoms with Crippen LogP contribution in [0.25, 0.3) is 11.3 Å². The lowest BCUT2D eigenvalue weighted by Crippen LogP contribution is -2.58. The molecule has 0 saturated heterocycles. The maximum absolute atomic E-state index is 13.8. The zero-order valence-electron chi connectivity index (χ0n) is 30.8. The second-order valence-electron chi connectivity index (χ2n) is 15.1. The van der Waals surface area contributed by atoms with Crippen molar-refractivity contribution in [1.82, 2.24) is 26.3 Å². The van der Waals surface area contributed by atoms with E-state index in [-0.39, 0.29) is 12.8 Å². The summed E-state index contributed by atoms with van der Waals surface area (Å²) < 4.78 is 4.78. The zero-order chi connectivity index (χ0) is 37.9. The number of benzene rings is 2. The third-order valence-electron chi connectivity index (χ3n) is 8.58. The van der Waals surface area contributed by atoms with Gasteiger partial charge in [0.15, 0.2) is 0 Å². The van der Waals surface area contributed by atoms with E-state index in [0.717, 1.165) is 27.9 Å². The Hall–Kier alpha value is -4.97. The van der Waals surface area contributed by atoms with E-state index in [1.165, 1.54) is 7.11 Å². The molecule has 276 valence electrons. The van der Waals surface area contributed by atoms with E-state index < -0.39 is 65.1 Å². The summed E-state index contributed by atoms with van der Waals surface area (Å²) in [7, 11) is 1.22. The number of alkyl carbamates (subject to hydrolysis) is 1. The standard InChI is InChI=1S/C39H53N5O7/c1-24-14-19-29(40-23-24)27-17-15-26(16-18-27)20-28(41-34(46)33(39(5,6)7)44-37(50)51-8)22-31(45)30(21-25-12-10-9-11-13-25)42-35(47)32(38(2,3)4)43-36(48)49/h9-19,23,28,30-33,43,45H,20-22H2,1-8H3,(H,41,46)(H,42,47)(H,44,50)(H,48,49). The van der Waals surface area contributed by atoms with Gasteiger partial charge in [0.25, 0.3) is 0 Å². The van der Waals surface area contributed by atoms with E-state index in [9.17, 15) is 29.4 Å². The lowest BCUT2D eigenvalue weighted by atomic mass is 9.85. The summed E-state index contributed by atoms with van der Waals surface area (Å²) in [5, 5.41) is 32.2. The van der Waals surface area contributed by atoms with Gasteiger partial charge in [0.1, 0.15) is 12.1 Å². The van der Waals surface area contributed by atoms with Gasteiger partial charge in [0.05, 0.1) is 24.9 Å². The minimum Gasteiger partial charge on any atom is -0.465 e. The number of rotatable bonds is 14. The molecule has 5 unspecified atom stereocenters. The summed E-state index contributed by atoms with van der Waals surface area (Å²) in [6.07, 6.45) is -0.894. The number of aliphatic hydroxyl groups is 1. The number of hydrogen-bond acceptors (Lipinski definition) is 7. The van der Waals surface area contributed by atoms with E-state index in [1.54, 1.807) is 27.0 Å². The Morgan fingerprint density at radius 3 is 1.84 bits per heavy atom. The first-order valence-corrected chi connectivity index (χ1v) is 17.1. The van der Waals surface area contributed by atoms with Crippen molar-refractivity contribution in [3.63, 3.8) is 0 Å². The monoisotopic (exact) mass is 703 g/mol. The number of hydrogen-bond donors (Lipinski definition) is 6. The van der Waals surface area contributed by atoms with Gasteiger partial charge >= 0.3 is 12.2 Å². The molecule has 0 spiro atoms. The molecule has 0 aliphatic heterocycles. The van der Waals surface area contributed by atoms with Crippen molar-refractivity contribution < 1.29 is 34.1 Å². The molecule has 3 rings (SSSR count). The van der Waals surface area contributed by atoms with Crippen molar-refractivity contribution in [2.75, 3.05) is 7.11 Å². The molecule has 3 aromatic rings. The van der Waals surface area contributed by atoms with Crippen molar-refractivity contribution >= 4 is 24.0 Å². The molecule has 0 aliphatic carbocycles. The van der Waals surface area contributed by atoms with Crippen LogP contribution in [-0.4, -0.2) is 76.6 Å². The van der Waals surface area contributed by atoms with Gasteiger partial charge < -0.3 is 36.2 Å². The van der Waals surface area contributed by atoms with Gasteiger partial charge in [-0.15, -0.1) is 0 Å². The third-order valence-corrected chi connectivity index (χ3v) is 8.58. The first kappa shape index (κ1) is 40.5. The van der Waals surface area contributed by atoms with E-state index in [0.29, 0.717) is 6.42 Å². The van der Waals surface area contributed by atoms with Crippen molar-refractivity contribution in [1.29, 1.82) is 0 Å². The normalized spacial score (nSPS) is 14.6. The Balaban J connectivity index is 1.96. The van der Waals surface area contributed by atoms with Gasteiger partial charge in [-0.3, -0.25) is 14.6 Å². The molecule has 5 atom stereocenters. The number of nitrogens with one attached hydrogen (secondary N) is 4. The molecule has 1 heterocycles. The van der Waals surface area contributed by atoms with Gasteiger partial charge in [-0.2, -0.15) is 0 Å². The number of carbonyl (C=O) groups excluding carboxylic acids is 3. The number of carboxylic acid groups (broad SMARTS) is 1. The first-order valence-electron chi connectivity index (χ1n) is 17.1. The fourth-order valence-electron chi connectivity index (χ4n) is 5.74. The Bertz CT molecular complexity index is 1600. The number of pyridine rings is 1. The molecule has 1 aromatic heterocycles. The number of nitrogens with zero attached hydrogens (tertiary/aromatic N) is 1. The largest absolute Gasteiger partial charge is 0.465 e. The molecule has 2 aromatic carbocycles. The Labute approximate surface area is 300 Å². The summed E-state index contributed by atoms with van der Waals surface area (Å²) in [4.78, 5) is 55.8. The van der Waals surface area contributed by atoms with Crippen LogP contribution in [0.3, 0.4) is 0 Å². The minimum atomic E-state index is -1.34. The van der Waals surface area contributed by atoms with E-state index in [1.807, 2.05) is 94.4 Å². The number of carbonyl (C=O) groups is 4. The van der Waals surface area contributed by atoms with Crippen LogP contribution in [0.5, 0.6) is 0 Å². The van der Waals surface area contributed by atoms with Crippen molar-refractivity contribution in [2.24, 2.45) is 10.8 Å². The van der Waals surface area contributed by atoms with Crippen LogP contribution in [-0.2, 0) is 27.2 Å². The average molecular weight is 704 g/mol. The molecular formula is C39H53N5O7. The second-order valence-corrected chi connectivity index (χ2v) is 15.1. The smallest absolute Gasteiger partial charge is 0.407 e. The summed E-state index contributed by atoms with van der Waals surface area (Å²) in [5.41, 5.74) is 3.05. The summed E-state index contributed by atoms with van der Waals surface area (Å²) in [6, 6.07) is 17.4. The molecule has 12 nitrogen and oxygen atoms in total. The van der Waals surface area contributed by atoms with Crippen LogP contribution < -0.4 is 21.3 Å². The Morgan fingerprint density at radius 1 is 0.745 bits per heavy atom. The van der Waals surface area contributed by atoms with Crippen LogP contribution in [0.2, 0.25) is 0 Å². The molecule has 12 heteroatoms. The maximum atomic E-state index is 13.8. The first-order chi connectivity index (χ1) is 23.9. The third kappa shape index (κ3) is 12.7. The molecule has 0 bridgehead atoms. The summed E-state index contributed by atoms with van der Waals surface area (Å²) in [6.45, 7) is 12.7. The van der Waals surface area contributed by atoms with Gasteiger partial charge in [-0.05, 0) is 59.8 Å². The number of ether oxygens (including phenoxy) is 1. The van der Waals surface area contributed by atoms with Crippen LogP contribution in [0.15, 0.2) is 72.9 Å². The average Bonchev–Trinajstić information content (AvgIpc) is 3.05. The predicted octanol–water partition coefficient (Wildman–Crippen LogP) is 5.02. The summed E-state index contributed by atoms with van der Waals surface area (Å²) >= 11 is 0. The number of amides is 4. The highest BCUT2D eigenvalue weighted by molar-refractivity contribution is 5.87. The molecule has 4 amide bonds. The Morgan fingerprint density at radius 2 is 1.31 bits per heavy atom. The van der Waals surface area contributed by atoms with Crippen LogP contribution in [0, 0.1) is 17.8 Å². The van der Waals surface area contributed by atoms with Crippen molar-refractivity contribution in [3.8, 4) is 11.3 Å². The predicted molar refractivity (Wildman–Crippen MR) is 196 cm³/mol. The van der Waals surface area contributed by atoms with Crippen molar-refractivity contribution in [2.45, 2.75) is 98.0 Å². The highest BCUT2D eigenvalue weighted by atomic mass is 16.5. The fraction of sp³-hybridized carbons (Fsp3) is 0.462. The van der Waals surface area contributed by atoms with Gasteiger partial charge in [0.2, 0.25) is 11.8 Å². The molecule has 0 saturated carbocycles. The number of aliphatic hydroxyl groups excluding tert-OH is 1. The van der Waals surface area contributed by atoms with E-state index in [2.05, 4.69) is 26.3 Å². The van der Waals surface area contributed by atoms with E-state index in [4.69, 9.17) is 4.74 Å². The van der Waals surface area contributed by atoms with Crippen LogP contribution in [0.1, 0.15) is 64.7 Å². The quantitative estimate of drug-likeness (QED) is 0.136. The lowest BCUT2D eigenvalue weighted by molar-refractivity contribution is -0.128. The van der Waals surface area contributed by atoms with Gasteiger partial charge in [0, 0.05) is 17.8 Å². The van der Waals surface area contributed by atoms with E-state index >= 15 is 0 Å². The molecule has 0 fully saturated rings. The molecular weight excluding hydrogens is 650 g/mol. The zero-order valence-corrected chi connectivity index (χ0v) is 30.8.